The molecule has 0 aromatic heterocycles. The molecule has 5 heteroatoms. The van der Waals surface area contributed by atoms with Gasteiger partial charge in [-0.1, -0.05) is 13.8 Å². The van der Waals surface area contributed by atoms with Crippen molar-refractivity contribution in [1.29, 1.82) is 0 Å². The molecule has 0 saturated heterocycles. The van der Waals surface area contributed by atoms with E-state index in [0.717, 1.165) is 13.0 Å². The van der Waals surface area contributed by atoms with E-state index < -0.39 is 5.91 Å². The second-order valence-corrected chi connectivity index (χ2v) is 5.20. The molecule has 0 fully saturated rings. The Morgan fingerprint density at radius 1 is 1.47 bits per heavy atom. The van der Waals surface area contributed by atoms with E-state index >= 15 is 0 Å². The number of amides is 1. The third kappa shape index (κ3) is 4.96. The minimum absolute atomic E-state index is 0.301. The van der Waals surface area contributed by atoms with Gasteiger partial charge in [0.25, 0.3) is 5.91 Å². The number of hydrogen-bond donors (Lipinski definition) is 2. The second-order valence-electron chi connectivity index (χ2n) is 5.20. The third-order valence-electron chi connectivity index (χ3n) is 2.97. The Balaban J connectivity index is 2.73. The maximum Gasteiger partial charge on any atom is 0.265 e. The Morgan fingerprint density at radius 2 is 2.16 bits per heavy atom. The van der Waals surface area contributed by atoms with Gasteiger partial charge in [-0.2, -0.15) is 0 Å². The normalized spacial score (nSPS) is 11.1. The lowest BCUT2D eigenvalue weighted by molar-refractivity contribution is 0.0953. The summed E-state index contributed by atoms with van der Waals surface area (Å²) in [6.07, 6.45) is 1.06. The van der Waals surface area contributed by atoms with Crippen LogP contribution in [0.5, 0.6) is 0 Å². The van der Waals surface area contributed by atoms with E-state index in [4.69, 9.17) is 5.84 Å². The summed E-state index contributed by atoms with van der Waals surface area (Å²) in [5.74, 6) is 4.97. The number of hydrogen-bond acceptors (Lipinski definition) is 3. The van der Waals surface area contributed by atoms with Crippen molar-refractivity contribution in [2.24, 2.45) is 11.8 Å². The molecular formula is C14H22FN3O. The average Bonchev–Trinajstić information content (AvgIpc) is 2.38. The molecule has 0 atom stereocenters. The first-order valence-electron chi connectivity index (χ1n) is 6.42. The van der Waals surface area contributed by atoms with Crippen LogP contribution in [0.15, 0.2) is 18.2 Å². The molecule has 0 unspecified atom stereocenters. The highest BCUT2D eigenvalue weighted by Crippen LogP contribution is 2.13. The molecule has 106 valence electrons. The number of rotatable bonds is 6. The van der Waals surface area contributed by atoms with Crippen LogP contribution in [0.4, 0.5) is 4.39 Å². The van der Waals surface area contributed by atoms with Crippen LogP contribution in [-0.4, -0.2) is 24.4 Å². The molecule has 4 nitrogen and oxygen atoms in total. The van der Waals surface area contributed by atoms with Crippen molar-refractivity contribution in [3.8, 4) is 0 Å². The number of nitrogens with two attached hydrogens (primary N) is 1. The number of nitrogens with zero attached hydrogens (tertiary/aromatic N) is 1. The summed E-state index contributed by atoms with van der Waals surface area (Å²) in [7, 11) is 1.94. The molecule has 0 bridgehead atoms. The molecular weight excluding hydrogens is 245 g/mol. The highest BCUT2D eigenvalue weighted by molar-refractivity contribution is 5.93. The van der Waals surface area contributed by atoms with E-state index in [9.17, 15) is 9.18 Å². The van der Waals surface area contributed by atoms with E-state index in [-0.39, 0.29) is 5.82 Å². The van der Waals surface area contributed by atoms with Crippen LogP contribution in [0.2, 0.25) is 0 Å². The van der Waals surface area contributed by atoms with E-state index in [1.807, 2.05) is 17.4 Å². The summed E-state index contributed by atoms with van der Waals surface area (Å²) in [6.45, 7) is 5.68. The zero-order chi connectivity index (χ0) is 14.4. The monoisotopic (exact) mass is 267 g/mol. The van der Waals surface area contributed by atoms with Gasteiger partial charge in [-0.15, -0.1) is 0 Å². The van der Waals surface area contributed by atoms with Crippen LogP contribution < -0.4 is 11.3 Å². The van der Waals surface area contributed by atoms with Crippen LogP contribution in [-0.2, 0) is 6.54 Å². The van der Waals surface area contributed by atoms with Gasteiger partial charge in [-0.3, -0.25) is 10.2 Å². The van der Waals surface area contributed by atoms with Gasteiger partial charge in [0.1, 0.15) is 5.82 Å². The summed E-state index contributed by atoms with van der Waals surface area (Å²) in [5, 5.41) is 0. The number of hydrazine groups is 1. The number of nitrogen functional groups attached to an aromatic ring is 1. The third-order valence-corrected chi connectivity index (χ3v) is 2.97. The highest BCUT2D eigenvalue weighted by atomic mass is 19.1. The Morgan fingerprint density at radius 3 is 2.74 bits per heavy atom. The topological polar surface area (TPSA) is 58.4 Å². The number of carbonyl (C=O) groups excluding carboxylic acids is 1. The van der Waals surface area contributed by atoms with E-state index in [2.05, 4.69) is 13.8 Å². The quantitative estimate of drug-likeness (QED) is 0.470. The van der Waals surface area contributed by atoms with Gasteiger partial charge in [0.05, 0.1) is 0 Å². The summed E-state index contributed by atoms with van der Waals surface area (Å²) in [6, 6.07) is 4.27. The van der Waals surface area contributed by atoms with Crippen molar-refractivity contribution in [2.75, 3.05) is 13.6 Å². The molecule has 1 aromatic carbocycles. The highest BCUT2D eigenvalue weighted by Gasteiger charge is 2.10. The lowest BCUT2D eigenvalue weighted by atomic mass is 10.1. The molecule has 0 aliphatic heterocycles. The van der Waals surface area contributed by atoms with Gasteiger partial charge < -0.3 is 4.90 Å². The maximum absolute atomic E-state index is 13.7. The first-order chi connectivity index (χ1) is 8.93. The van der Waals surface area contributed by atoms with Gasteiger partial charge in [-0.05, 0) is 44.1 Å². The van der Waals surface area contributed by atoms with Crippen molar-refractivity contribution in [1.82, 2.24) is 10.3 Å². The fraction of sp³-hybridized carbons (Fsp3) is 0.500. The fourth-order valence-electron chi connectivity index (χ4n) is 1.77. The van der Waals surface area contributed by atoms with Crippen LogP contribution in [0.1, 0.15) is 36.2 Å². The number of nitrogens with one attached hydrogen (secondary N) is 1. The van der Waals surface area contributed by atoms with E-state index in [1.54, 1.807) is 6.07 Å². The van der Waals surface area contributed by atoms with Crippen molar-refractivity contribution in [3.05, 3.63) is 35.1 Å². The fourth-order valence-corrected chi connectivity index (χ4v) is 1.77. The molecule has 0 spiro atoms. The van der Waals surface area contributed by atoms with Gasteiger partial charge >= 0.3 is 0 Å². The second kappa shape index (κ2) is 7.21. The molecule has 1 aromatic rings. The molecule has 1 rings (SSSR count). The molecule has 19 heavy (non-hydrogen) atoms. The Labute approximate surface area is 113 Å². The SMILES string of the molecule is CC(C)CCN(C)Cc1cc(C(=O)NN)ccc1F. The Hall–Kier alpha value is -1.46. The predicted octanol–water partition coefficient (Wildman–Crippen LogP) is 1.91. The standard InChI is InChI=1S/C14H22FN3O/c1-10(2)6-7-18(3)9-12-8-11(14(19)17-16)4-5-13(12)15/h4-5,8,10H,6-7,9,16H2,1-3H3,(H,17,19). The van der Waals surface area contributed by atoms with Crippen LogP contribution in [0.3, 0.4) is 0 Å². The van der Waals surface area contributed by atoms with Gasteiger partial charge in [0, 0.05) is 17.7 Å². The molecule has 0 heterocycles. The molecule has 0 aliphatic rings. The summed E-state index contributed by atoms with van der Waals surface area (Å²) >= 11 is 0. The molecule has 0 saturated carbocycles. The number of carbonyl (C=O) groups is 1. The Bertz CT molecular complexity index is 435. The van der Waals surface area contributed by atoms with Crippen molar-refractivity contribution < 1.29 is 9.18 Å². The smallest absolute Gasteiger partial charge is 0.265 e. The number of benzene rings is 1. The van der Waals surface area contributed by atoms with Crippen molar-refractivity contribution in [3.63, 3.8) is 0 Å². The minimum atomic E-state index is -0.411. The minimum Gasteiger partial charge on any atom is -0.302 e. The largest absolute Gasteiger partial charge is 0.302 e. The summed E-state index contributed by atoms with van der Waals surface area (Å²) in [5.41, 5.74) is 2.92. The zero-order valence-electron chi connectivity index (χ0n) is 11.7. The molecule has 1 amide bonds. The maximum atomic E-state index is 13.7. The first kappa shape index (κ1) is 15.6. The van der Waals surface area contributed by atoms with Gasteiger partial charge in [0.15, 0.2) is 0 Å². The van der Waals surface area contributed by atoms with Crippen molar-refractivity contribution >= 4 is 5.91 Å². The first-order valence-corrected chi connectivity index (χ1v) is 6.42. The lowest BCUT2D eigenvalue weighted by Gasteiger charge is -2.18. The van der Waals surface area contributed by atoms with Crippen LogP contribution in [0.25, 0.3) is 0 Å². The van der Waals surface area contributed by atoms with Crippen molar-refractivity contribution in [2.45, 2.75) is 26.8 Å². The van der Waals surface area contributed by atoms with Crippen LogP contribution in [0, 0.1) is 11.7 Å². The molecule has 0 aliphatic carbocycles. The van der Waals surface area contributed by atoms with Gasteiger partial charge in [-0.25, -0.2) is 10.2 Å². The van der Waals surface area contributed by atoms with Crippen LogP contribution >= 0.6 is 0 Å². The van der Waals surface area contributed by atoms with E-state index in [0.29, 0.717) is 23.6 Å². The number of halogens is 1. The molecule has 0 radical (unpaired) electrons. The zero-order valence-corrected chi connectivity index (χ0v) is 11.7. The average molecular weight is 267 g/mol. The van der Waals surface area contributed by atoms with Gasteiger partial charge in [0.2, 0.25) is 0 Å². The molecule has 3 N–H and O–H groups in total. The summed E-state index contributed by atoms with van der Waals surface area (Å²) in [4.78, 5) is 13.4. The lowest BCUT2D eigenvalue weighted by Crippen LogP contribution is -2.30. The predicted molar refractivity (Wildman–Crippen MR) is 73.8 cm³/mol. The Kier molecular flexibility index (Phi) is 5.92. The van der Waals surface area contributed by atoms with E-state index in [1.165, 1.54) is 12.1 Å². The summed E-state index contributed by atoms with van der Waals surface area (Å²) < 4.78 is 13.7.